The van der Waals surface area contributed by atoms with Crippen molar-refractivity contribution >= 4 is 22.5 Å². The zero-order chi connectivity index (χ0) is 18.3. The molecule has 132 valence electrons. The van der Waals surface area contributed by atoms with E-state index in [1.807, 2.05) is 60.4 Å². The number of carbonyl (C=O) groups excluding carboxylic acids is 1. The highest BCUT2D eigenvalue weighted by Crippen LogP contribution is 2.32. The number of hydrogen-bond acceptors (Lipinski definition) is 2. The number of fused-ring (bicyclic) bond motifs is 2. The molecule has 0 aliphatic carbocycles. The van der Waals surface area contributed by atoms with Crippen LogP contribution in [-0.2, 0) is 17.8 Å². The summed E-state index contributed by atoms with van der Waals surface area (Å²) in [4.78, 5) is 27.4. The van der Waals surface area contributed by atoms with Crippen LogP contribution < -0.4 is 10.5 Å². The number of carbonyl (C=O) groups is 1. The number of aromatic nitrogens is 1. The quantitative estimate of drug-likeness (QED) is 0.726. The second-order valence-electron chi connectivity index (χ2n) is 7.04. The van der Waals surface area contributed by atoms with Crippen molar-refractivity contribution in [2.24, 2.45) is 0 Å². The van der Waals surface area contributed by atoms with E-state index in [2.05, 4.69) is 13.0 Å². The Morgan fingerprint density at radius 3 is 2.69 bits per heavy atom. The molecule has 0 saturated carbocycles. The van der Waals surface area contributed by atoms with Crippen molar-refractivity contribution in [3.63, 3.8) is 0 Å². The molecular formula is C22H22N2O2. The van der Waals surface area contributed by atoms with Gasteiger partial charge in [0, 0.05) is 30.3 Å². The Labute approximate surface area is 152 Å². The maximum absolute atomic E-state index is 12.9. The average molecular weight is 346 g/mol. The van der Waals surface area contributed by atoms with E-state index in [1.54, 1.807) is 4.57 Å². The molecule has 0 saturated heterocycles. The molecule has 4 heteroatoms. The third kappa shape index (κ3) is 2.71. The molecular weight excluding hydrogens is 324 g/mol. The van der Waals surface area contributed by atoms with Crippen LogP contribution in [-0.4, -0.2) is 16.5 Å². The predicted molar refractivity (Wildman–Crippen MR) is 105 cm³/mol. The first-order valence-electron chi connectivity index (χ1n) is 9.05. The van der Waals surface area contributed by atoms with Crippen molar-refractivity contribution in [3.8, 4) is 0 Å². The zero-order valence-electron chi connectivity index (χ0n) is 15.1. The first kappa shape index (κ1) is 16.6. The van der Waals surface area contributed by atoms with Crippen LogP contribution >= 0.6 is 0 Å². The summed E-state index contributed by atoms with van der Waals surface area (Å²) in [5, 5.41) is 1.02. The lowest BCUT2D eigenvalue weighted by Crippen LogP contribution is -2.37. The third-order valence-electron chi connectivity index (χ3n) is 5.21. The number of rotatable bonds is 3. The van der Waals surface area contributed by atoms with Gasteiger partial charge < -0.3 is 9.47 Å². The normalized spacial score (nSPS) is 16.1. The van der Waals surface area contributed by atoms with Crippen LogP contribution in [0.2, 0.25) is 0 Å². The van der Waals surface area contributed by atoms with Crippen molar-refractivity contribution in [2.45, 2.75) is 39.3 Å². The number of para-hydroxylation sites is 2. The van der Waals surface area contributed by atoms with Gasteiger partial charge in [0.1, 0.15) is 0 Å². The Balaban J connectivity index is 1.62. The van der Waals surface area contributed by atoms with E-state index >= 15 is 0 Å². The lowest BCUT2D eigenvalue weighted by Gasteiger charge is -2.23. The fourth-order valence-electron chi connectivity index (χ4n) is 3.97. The van der Waals surface area contributed by atoms with Gasteiger partial charge in [-0.3, -0.25) is 9.59 Å². The first-order valence-corrected chi connectivity index (χ1v) is 9.05. The second-order valence-corrected chi connectivity index (χ2v) is 7.04. The monoisotopic (exact) mass is 346 g/mol. The maximum Gasteiger partial charge on any atom is 0.253 e. The van der Waals surface area contributed by atoms with Crippen molar-refractivity contribution in [2.75, 3.05) is 4.90 Å². The van der Waals surface area contributed by atoms with Gasteiger partial charge in [0.25, 0.3) is 5.56 Å². The molecule has 1 aromatic heterocycles. The van der Waals surface area contributed by atoms with Gasteiger partial charge in [0.05, 0.1) is 5.52 Å². The minimum absolute atomic E-state index is 0.0219. The average Bonchev–Trinajstić information content (AvgIpc) is 2.97. The van der Waals surface area contributed by atoms with E-state index < -0.39 is 0 Å². The zero-order valence-corrected chi connectivity index (χ0v) is 15.1. The first-order chi connectivity index (χ1) is 12.6. The molecule has 26 heavy (non-hydrogen) atoms. The van der Waals surface area contributed by atoms with Gasteiger partial charge in [-0.2, -0.15) is 0 Å². The van der Waals surface area contributed by atoms with E-state index in [9.17, 15) is 9.59 Å². The van der Waals surface area contributed by atoms with E-state index in [0.717, 1.165) is 23.0 Å². The summed E-state index contributed by atoms with van der Waals surface area (Å²) in [6.45, 7) is 4.29. The van der Waals surface area contributed by atoms with Crippen LogP contribution in [0, 0.1) is 6.92 Å². The van der Waals surface area contributed by atoms with Gasteiger partial charge in [-0.15, -0.1) is 0 Å². The van der Waals surface area contributed by atoms with Gasteiger partial charge >= 0.3 is 0 Å². The molecule has 1 aliphatic heterocycles. The smallest absolute Gasteiger partial charge is 0.253 e. The van der Waals surface area contributed by atoms with Crippen LogP contribution in [0.15, 0.2) is 59.4 Å². The Morgan fingerprint density at radius 1 is 1.12 bits per heavy atom. The van der Waals surface area contributed by atoms with Crippen molar-refractivity contribution in [1.82, 2.24) is 4.57 Å². The number of amides is 1. The highest BCUT2D eigenvalue weighted by Gasteiger charge is 2.30. The molecule has 4 rings (SSSR count). The summed E-state index contributed by atoms with van der Waals surface area (Å²) in [6, 6.07) is 18.0. The van der Waals surface area contributed by atoms with Crippen LogP contribution in [0.4, 0.5) is 5.69 Å². The lowest BCUT2D eigenvalue weighted by atomic mass is 10.1. The molecule has 3 aromatic rings. The van der Waals surface area contributed by atoms with Crippen molar-refractivity contribution < 1.29 is 4.79 Å². The van der Waals surface area contributed by atoms with E-state index in [1.165, 1.54) is 5.56 Å². The number of benzene rings is 2. The molecule has 1 amide bonds. The van der Waals surface area contributed by atoms with Gasteiger partial charge in [0.2, 0.25) is 5.91 Å². The van der Waals surface area contributed by atoms with Crippen LogP contribution in [0.1, 0.15) is 24.5 Å². The summed E-state index contributed by atoms with van der Waals surface area (Å²) in [5.41, 5.74) is 3.78. The Hall–Kier alpha value is -2.88. The Kier molecular flexibility index (Phi) is 4.11. The maximum atomic E-state index is 12.9. The number of anilines is 1. The number of pyridine rings is 1. The van der Waals surface area contributed by atoms with Gasteiger partial charge in [-0.05, 0) is 49.4 Å². The molecule has 2 aromatic carbocycles. The number of nitrogens with zero attached hydrogens (tertiary/aromatic N) is 2. The minimum atomic E-state index is -0.0219. The summed E-state index contributed by atoms with van der Waals surface area (Å²) >= 11 is 0. The number of aryl methyl sites for hydroxylation is 2. The molecule has 2 heterocycles. The van der Waals surface area contributed by atoms with Crippen LogP contribution in [0.25, 0.3) is 10.9 Å². The highest BCUT2D eigenvalue weighted by molar-refractivity contribution is 5.96. The SMILES string of the molecule is Cc1cc2ccccc2n(CCC(=O)N2c3ccccc3CC2C)c1=O. The largest absolute Gasteiger partial charge is 0.309 e. The van der Waals surface area contributed by atoms with E-state index in [-0.39, 0.29) is 17.5 Å². The fourth-order valence-corrected chi connectivity index (χ4v) is 3.97. The fraction of sp³-hybridized carbons (Fsp3) is 0.273. The Bertz CT molecular complexity index is 1050. The summed E-state index contributed by atoms with van der Waals surface area (Å²) in [6.07, 6.45) is 1.20. The highest BCUT2D eigenvalue weighted by atomic mass is 16.2. The standard InChI is InChI=1S/C22H22N2O2/c1-15-13-17-7-3-5-9-19(17)23(22(15)26)12-11-21(25)24-16(2)14-18-8-4-6-10-20(18)24/h3-10,13,16H,11-12,14H2,1-2H3. The van der Waals surface area contributed by atoms with Crippen LogP contribution in [0.5, 0.6) is 0 Å². The van der Waals surface area contributed by atoms with Gasteiger partial charge in [0.15, 0.2) is 0 Å². The molecule has 0 bridgehead atoms. The molecule has 0 spiro atoms. The molecule has 4 nitrogen and oxygen atoms in total. The van der Waals surface area contributed by atoms with Crippen molar-refractivity contribution in [1.29, 1.82) is 0 Å². The molecule has 0 fully saturated rings. The minimum Gasteiger partial charge on any atom is -0.309 e. The second kappa shape index (κ2) is 6.45. The molecule has 1 atom stereocenters. The third-order valence-corrected chi connectivity index (χ3v) is 5.21. The van der Waals surface area contributed by atoms with E-state index in [0.29, 0.717) is 18.5 Å². The molecule has 0 radical (unpaired) electrons. The van der Waals surface area contributed by atoms with Gasteiger partial charge in [-0.25, -0.2) is 0 Å². The lowest BCUT2D eigenvalue weighted by molar-refractivity contribution is -0.119. The summed E-state index contributed by atoms with van der Waals surface area (Å²) < 4.78 is 1.73. The molecule has 1 unspecified atom stereocenters. The predicted octanol–water partition coefficient (Wildman–Crippen LogP) is 3.68. The van der Waals surface area contributed by atoms with E-state index in [4.69, 9.17) is 0 Å². The summed E-state index contributed by atoms with van der Waals surface area (Å²) in [5.74, 6) is 0.0694. The topological polar surface area (TPSA) is 42.3 Å². The Morgan fingerprint density at radius 2 is 1.85 bits per heavy atom. The summed E-state index contributed by atoms with van der Waals surface area (Å²) in [7, 11) is 0. The number of hydrogen-bond donors (Lipinski definition) is 0. The molecule has 1 aliphatic rings. The van der Waals surface area contributed by atoms with Gasteiger partial charge in [-0.1, -0.05) is 36.4 Å². The van der Waals surface area contributed by atoms with Crippen LogP contribution in [0.3, 0.4) is 0 Å². The molecule has 0 N–H and O–H groups in total. The van der Waals surface area contributed by atoms with Crippen molar-refractivity contribution in [3.05, 3.63) is 76.1 Å².